The van der Waals surface area contributed by atoms with E-state index < -0.39 is 17.9 Å². The van der Waals surface area contributed by atoms with Gasteiger partial charge in [0, 0.05) is 5.69 Å². The summed E-state index contributed by atoms with van der Waals surface area (Å²) < 4.78 is 0. The van der Waals surface area contributed by atoms with Gasteiger partial charge in [-0.3, -0.25) is 10.1 Å². The van der Waals surface area contributed by atoms with Crippen LogP contribution in [0.3, 0.4) is 0 Å². The Morgan fingerprint density at radius 2 is 1.48 bits per heavy atom. The van der Waals surface area contributed by atoms with Crippen LogP contribution in [0.15, 0.2) is 66.6 Å². The zero-order valence-corrected chi connectivity index (χ0v) is 16.0. The number of aliphatic carboxylic acids is 1. The second kappa shape index (κ2) is 8.41. The molecule has 0 saturated heterocycles. The van der Waals surface area contributed by atoms with Gasteiger partial charge in [-0.05, 0) is 40.3 Å². The SMILES string of the molecule is C=C(C(=O)O)c1ccc(-c2ccc(NC(=O)Nc3sccc3C(N)=O)cc2)cc1. The molecule has 0 spiro atoms. The first-order chi connectivity index (χ1) is 13.8. The maximum absolute atomic E-state index is 12.1. The molecule has 3 amide bonds. The molecule has 0 saturated carbocycles. The van der Waals surface area contributed by atoms with Gasteiger partial charge in [-0.1, -0.05) is 43.0 Å². The van der Waals surface area contributed by atoms with E-state index in [1.807, 2.05) is 12.1 Å². The van der Waals surface area contributed by atoms with Gasteiger partial charge in [0.15, 0.2) is 0 Å². The van der Waals surface area contributed by atoms with Gasteiger partial charge in [-0.2, -0.15) is 0 Å². The number of primary amides is 1. The minimum absolute atomic E-state index is 0.0346. The summed E-state index contributed by atoms with van der Waals surface area (Å²) in [6, 6.07) is 15.2. The normalized spacial score (nSPS) is 10.2. The van der Waals surface area contributed by atoms with Crippen LogP contribution >= 0.6 is 11.3 Å². The Kier molecular flexibility index (Phi) is 5.75. The van der Waals surface area contributed by atoms with E-state index in [0.29, 0.717) is 16.3 Å². The third-order valence-corrected chi connectivity index (χ3v) is 4.96. The molecule has 2 aromatic carbocycles. The number of carboxylic acids is 1. The number of amides is 3. The lowest BCUT2D eigenvalue weighted by molar-refractivity contribution is -0.130. The molecule has 1 heterocycles. The lowest BCUT2D eigenvalue weighted by Crippen LogP contribution is -2.21. The number of carbonyl (C=O) groups is 3. The van der Waals surface area contributed by atoms with E-state index in [1.54, 1.807) is 47.8 Å². The number of benzene rings is 2. The second-order valence-electron chi connectivity index (χ2n) is 6.05. The molecule has 8 heteroatoms. The minimum atomic E-state index is -1.06. The monoisotopic (exact) mass is 407 g/mol. The average Bonchev–Trinajstić information content (AvgIpc) is 3.16. The Balaban J connectivity index is 1.66. The lowest BCUT2D eigenvalue weighted by atomic mass is 10.0. The molecule has 1 aromatic heterocycles. The molecule has 7 nitrogen and oxygen atoms in total. The highest BCUT2D eigenvalue weighted by Gasteiger charge is 2.12. The van der Waals surface area contributed by atoms with Crippen molar-refractivity contribution in [2.45, 2.75) is 0 Å². The number of carboxylic acid groups (broad SMARTS) is 1. The van der Waals surface area contributed by atoms with Crippen LogP contribution in [0.1, 0.15) is 15.9 Å². The highest BCUT2D eigenvalue weighted by atomic mass is 32.1. The van der Waals surface area contributed by atoms with Crippen molar-refractivity contribution in [3.05, 3.63) is 77.7 Å². The van der Waals surface area contributed by atoms with Crippen LogP contribution in [-0.4, -0.2) is 23.0 Å². The van der Waals surface area contributed by atoms with E-state index in [-0.39, 0.29) is 11.1 Å². The van der Waals surface area contributed by atoms with Crippen LogP contribution in [0.25, 0.3) is 16.7 Å². The van der Waals surface area contributed by atoms with Crippen molar-refractivity contribution in [1.82, 2.24) is 0 Å². The predicted molar refractivity (Wildman–Crippen MR) is 114 cm³/mol. The predicted octanol–water partition coefficient (Wildman–Crippen LogP) is 4.26. The van der Waals surface area contributed by atoms with Crippen LogP contribution in [-0.2, 0) is 4.79 Å². The van der Waals surface area contributed by atoms with Gasteiger partial charge >= 0.3 is 12.0 Å². The zero-order chi connectivity index (χ0) is 21.0. The van der Waals surface area contributed by atoms with Crippen molar-refractivity contribution in [2.75, 3.05) is 10.6 Å². The van der Waals surface area contributed by atoms with Gasteiger partial charge in [0.05, 0.1) is 11.1 Å². The molecule has 0 radical (unpaired) electrons. The van der Waals surface area contributed by atoms with Crippen LogP contribution in [0, 0.1) is 0 Å². The summed E-state index contributed by atoms with van der Waals surface area (Å²) in [5, 5.41) is 16.3. The van der Waals surface area contributed by atoms with Gasteiger partial charge in [0.25, 0.3) is 5.91 Å². The third kappa shape index (κ3) is 4.69. The Morgan fingerprint density at radius 3 is 2.03 bits per heavy atom. The van der Waals surface area contributed by atoms with Crippen molar-refractivity contribution < 1.29 is 19.5 Å². The fourth-order valence-corrected chi connectivity index (χ4v) is 3.39. The van der Waals surface area contributed by atoms with Crippen LogP contribution in [0.4, 0.5) is 15.5 Å². The molecule has 0 aliphatic carbocycles. The summed E-state index contributed by atoms with van der Waals surface area (Å²) in [6.07, 6.45) is 0. The first kappa shape index (κ1) is 19.8. The Bertz CT molecular complexity index is 1090. The highest BCUT2D eigenvalue weighted by Crippen LogP contribution is 2.25. The molecule has 0 atom stereocenters. The summed E-state index contributed by atoms with van der Waals surface area (Å²) in [5.74, 6) is -1.67. The lowest BCUT2D eigenvalue weighted by Gasteiger charge is -2.09. The molecule has 0 aliphatic rings. The van der Waals surface area contributed by atoms with Crippen molar-refractivity contribution in [3.63, 3.8) is 0 Å². The number of hydrogen-bond acceptors (Lipinski definition) is 4. The molecule has 29 heavy (non-hydrogen) atoms. The summed E-state index contributed by atoms with van der Waals surface area (Å²) >= 11 is 1.21. The van der Waals surface area contributed by atoms with Gasteiger partial charge < -0.3 is 16.2 Å². The molecule has 0 bridgehead atoms. The molecule has 0 unspecified atom stereocenters. The minimum Gasteiger partial charge on any atom is -0.478 e. The fraction of sp³-hybridized carbons (Fsp3) is 0. The van der Waals surface area contributed by atoms with E-state index in [0.717, 1.165) is 11.1 Å². The molecule has 146 valence electrons. The average molecular weight is 407 g/mol. The number of urea groups is 1. The van der Waals surface area contributed by atoms with Crippen LogP contribution in [0.2, 0.25) is 0 Å². The number of nitrogens with two attached hydrogens (primary N) is 1. The first-order valence-corrected chi connectivity index (χ1v) is 9.31. The van der Waals surface area contributed by atoms with E-state index in [9.17, 15) is 14.4 Å². The van der Waals surface area contributed by atoms with Crippen molar-refractivity contribution in [3.8, 4) is 11.1 Å². The van der Waals surface area contributed by atoms with Gasteiger partial charge in [0.2, 0.25) is 0 Å². The van der Waals surface area contributed by atoms with E-state index in [2.05, 4.69) is 17.2 Å². The molecule has 0 aliphatic heterocycles. The van der Waals surface area contributed by atoms with Gasteiger partial charge in [-0.25, -0.2) is 9.59 Å². The number of anilines is 2. The fourth-order valence-electron chi connectivity index (χ4n) is 2.60. The Morgan fingerprint density at radius 1 is 0.897 bits per heavy atom. The molecular weight excluding hydrogens is 390 g/mol. The molecule has 5 N–H and O–H groups in total. The number of nitrogens with one attached hydrogen (secondary N) is 2. The van der Waals surface area contributed by atoms with Crippen molar-refractivity contribution in [2.24, 2.45) is 5.73 Å². The maximum Gasteiger partial charge on any atom is 0.335 e. The number of thiophene rings is 1. The summed E-state index contributed by atoms with van der Waals surface area (Å²) in [6.45, 7) is 3.54. The zero-order valence-electron chi connectivity index (χ0n) is 15.1. The van der Waals surface area contributed by atoms with Gasteiger partial charge in [0.1, 0.15) is 5.00 Å². The number of carbonyl (C=O) groups excluding carboxylic acids is 2. The number of rotatable bonds is 6. The largest absolute Gasteiger partial charge is 0.478 e. The van der Waals surface area contributed by atoms with Crippen molar-refractivity contribution in [1.29, 1.82) is 0 Å². The molecular formula is C21H17N3O4S. The van der Waals surface area contributed by atoms with Crippen LogP contribution in [0.5, 0.6) is 0 Å². The summed E-state index contributed by atoms with van der Waals surface area (Å²) in [7, 11) is 0. The van der Waals surface area contributed by atoms with E-state index >= 15 is 0 Å². The molecule has 0 fully saturated rings. The van der Waals surface area contributed by atoms with E-state index in [4.69, 9.17) is 10.8 Å². The van der Waals surface area contributed by atoms with Crippen molar-refractivity contribution >= 4 is 45.5 Å². The summed E-state index contributed by atoms with van der Waals surface area (Å²) in [4.78, 5) is 34.4. The maximum atomic E-state index is 12.1. The first-order valence-electron chi connectivity index (χ1n) is 8.43. The second-order valence-corrected chi connectivity index (χ2v) is 6.96. The standard InChI is InChI=1S/C21H17N3O4S/c1-12(20(26)27)13-2-4-14(5-3-13)15-6-8-16(9-7-15)23-21(28)24-19-17(18(22)25)10-11-29-19/h2-11H,1H2,(H2,22,25)(H,26,27)(H2,23,24,28). The highest BCUT2D eigenvalue weighted by molar-refractivity contribution is 7.14. The topological polar surface area (TPSA) is 122 Å². The summed E-state index contributed by atoms with van der Waals surface area (Å²) in [5.41, 5.74) is 8.46. The Hall–Kier alpha value is -3.91. The molecule has 3 rings (SSSR count). The molecule has 3 aromatic rings. The van der Waals surface area contributed by atoms with Crippen LogP contribution < -0.4 is 16.4 Å². The van der Waals surface area contributed by atoms with Gasteiger partial charge in [-0.15, -0.1) is 11.3 Å². The number of hydrogen-bond donors (Lipinski definition) is 4. The Labute approximate surface area is 170 Å². The third-order valence-electron chi connectivity index (χ3n) is 4.13. The quantitative estimate of drug-likeness (QED) is 0.456. The smallest absolute Gasteiger partial charge is 0.335 e. The van der Waals surface area contributed by atoms with E-state index in [1.165, 1.54) is 11.3 Å².